The Balaban J connectivity index is 1.90. The van der Waals surface area contributed by atoms with Crippen molar-refractivity contribution >= 4 is 17.5 Å². The highest BCUT2D eigenvalue weighted by Gasteiger charge is 2.18. The Kier molecular flexibility index (Phi) is 5.74. The van der Waals surface area contributed by atoms with Crippen molar-refractivity contribution in [2.45, 2.75) is 27.3 Å². The average molecular weight is 324 g/mol. The number of aromatic nitrogens is 2. The van der Waals surface area contributed by atoms with Gasteiger partial charge in [-0.3, -0.25) is 14.3 Å². The Labute approximate surface area is 141 Å². The molecule has 0 bridgehead atoms. The summed E-state index contributed by atoms with van der Waals surface area (Å²) in [5.41, 5.74) is 2.93. The highest BCUT2D eigenvalue weighted by molar-refractivity contribution is 6.39. The molecule has 0 saturated heterocycles. The predicted molar refractivity (Wildman–Crippen MR) is 92.3 cm³/mol. The minimum Gasteiger partial charge on any atom is -0.337 e. The van der Waals surface area contributed by atoms with Gasteiger partial charge < -0.3 is 10.6 Å². The maximum atomic E-state index is 12.0. The Hall–Kier alpha value is -3.07. The Morgan fingerprint density at radius 1 is 1.17 bits per heavy atom. The van der Waals surface area contributed by atoms with Crippen molar-refractivity contribution in [3.8, 4) is 11.8 Å². The van der Waals surface area contributed by atoms with Crippen LogP contribution in [0.3, 0.4) is 0 Å². The van der Waals surface area contributed by atoms with E-state index in [4.69, 9.17) is 0 Å². The Bertz CT molecular complexity index is 798. The second-order valence-corrected chi connectivity index (χ2v) is 5.17. The molecule has 2 rings (SSSR count). The summed E-state index contributed by atoms with van der Waals surface area (Å²) in [4.78, 5) is 23.8. The van der Waals surface area contributed by atoms with Crippen LogP contribution in [0, 0.1) is 25.7 Å². The lowest BCUT2D eigenvalue weighted by Gasteiger charge is -2.05. The van der Waals surface area contributed by atoms with Crippen LogP contribution in [0.15, 0.2) is 30.3 Å². The van der Waals surface area contributed by atoms with Crippen LogP contribution in [0.1, 0.15) is 23.9 Å². The molecule has 6 heteroatoms. The summed E-state index contributed by atoms with van der Waals surface area (Å²) in [7, 11) is 0. The fraction of sp³-hybridized carbons (Fsp3) is 0.278. The fourth-order valence-corrected chi connectivity index (χ4v) is 2.23. The van der Waals surface area contributed by atoms with Crippen LogP contribution < -0.4 is 10.6 Å². The molecule has 0 saturated carbocycles. The van der Waals surface area contributed by atoms with E-state index >= 15 is 0 Å². The molecule has 0 aliphatic carbocycles. The van der Waals surface area contributed by atoms with Crippen LogP contribution in [-0.4, -0.2) is 28.1 Å². The third kappa shape index (κ3) is 4.23. The zero-order valence-electron chi connectivity index (χ0n) is 14.0. The van der Waals surface area contributed by atoms with Gasteiger partial charge in [-0.2, -0.15) is 5.10 Å². The minimum atomic E-state index is -0.724. The van der Waals surface area contributed by atoms with Gasteiger partial charge in [0.2, 0.25) is 0 Å². The van der Waals surface area contributed by atoms with Gasteiger partial charge in [-0.15, -0.1) is 0 Å². The van der Waals surface area contributed by atoms with Crippen molar-refractivity contribution < 1.29 is 9.59 Å². The molecule has 2 amide bonds. The molecular formula is C18H20N4O2. The van der Waals surface area contributed by atoms with E-state index in [2.05, 4.69) is 27.6 Å². The lowest BCUT2D eigenvalue weighted by atomic mass is 10.2. The highest BCUT2D eigenvalue weighted by atomic mass is 16.2. The summed E-state index contributed by atoms with van der Waals surface area (Å²) in [6.07, 6.45) is 0. The first-order chi connectivity index (χ1) is 11.5. The van der Waals surface area contributed by atoms with Crippen LogP contribution >= 0.6 is 0 Å². The molecule has 0 radical (unpaired) electrons. The van der Waals surface area contributed by atoms with Crippen molar-refractivity contribution in [2.24, 2.45) is 0 Å². The second kappa shape index (κ2) is 7.97. The Morgan fingerprint density at radius 2 is 1.88 bits per heavy atom. The summed E-state index contributed by atoms with van der Waals surface area (Å²) < 4.78 is 1.77. The normalized spacial score (nSPS) is 9.79. The summed E-state index contributed by atoms with van der Waals surface area (Å²) in [6.45, 7) is 6.40. The zero-order valence-corrected chi connectivity index (χ0v) is 14.0. The molecule has 0 unspecified atom stereocenters. The largest absolute Gasteiger partial charge is 0.337 e. The zero-order chi connectivity index (χ0) is 17.5. The van der Waals surface area contributed by atoms with Crippen molar-refractivity contribution in [1.29, 1.82) is 0 Å². The molecule has 0 atom stereocenters. The lowest BCUT2D eigenvalue weighted by molar-refractivity contribution is -0.136. The smallest absolute Gasteiger partial charge is 0.313 e. The first-order valence-electron chi connectivity index (χ1n) is 7.70. The number of hydrogen-bond acceptors (Lipinski definition) is 3. The number of nitrogens with zero attached hydrogens (tertiary/aromatic N) is 2. The molecule has 124 valence electrons. The van der Waals surface area contributed by atoms with Gasteiger partial charge >= 0.3 is 11.8 Å². The van der Waals surface area contributed by atoms with Gasteiger partial charge in [0.1, 0.15) is 0 Å². The van der Waals surface area contributed by atoms with E-state index < -0.39 is 11.8 Å². The summed E-state index contributed by atoms with van der Waals surface area (Å²) in [6, 6.07) is 9.42. The number of carbonyl (C=O) groups is 2. The van der Waals surface area contributed by atoms with E-state index in [1.807, 2.05) is 44.2 Å². The maximum Gasteiger partial charge on any atom is 0.313 e. The van der Waals surface area contributed by atoms with Crippen molar-refractivity contribution in [3.05, 3.63) is 47.3 Å². The summed E-state index contributed by atoms with van der Waals surface area (Å²) in [5, 5.41) is 9.39. The number of carbonyl (C=O) groups excluding carboxylic acids is 2. The lowest BCUT2D eigenvalue weighted by Crippen LogP contribution is -2.35. The number of benzene rings is 1. The van der Waals surface area contributed by atoms with Gasteiger partial charge in [-0.05, 0) is 32.9 Å². The number of amides is 2. The third-order valence-corrected chi connectivity index (χ3v) is 3.47. The van der Waals surface area contributed by atoms with E-state index in [1.165, 1.54) is 0 Å². The van der Waals surface area contributed by atoms with E-state index in [0.717, 1.165) is 11.3 Å². The van der Waals surface area contributed by atoms with Crippen molar-refractivity contribution in [1.82, 2.24) is 15.1 Å². The van der Waals surface area contributed by atoms with Crippen LogP contribution in [0.4, 0.5) is 5.69 Å². The summed E-state index contributed by atoms with van der Waals surface area (Å²) >= 11 is 0. The number of aryl methyl sites for hydroxylation is 2. The summed E-state index contributed by atoms with van der Waals surface area (Å²) in [5.74, 6) is 4.27. The number of hydrogen-bond donors (Lipinski definition) is 2. The first-order valence-corrected chi connectivity index (χ1v) is 7.70. The number of anilines is 1. The van der Waals surface area contributed by atoms with Gasteiger partial charge in [0.15, 0.2) is 0 Å². The molecule has 1 heterocycles. The molecule has 1 aromatic heterocycles. The quantitative estimate of drug-likeness (QED) is 0.665. The van der Waals surface area contributed by atoms with Crippen molar-refractivity contribution in [3.63, 3.8) is 0 Å². The van der Waals surface area contributed by atoms with E-state index in [0.29, 0.717) is 17.9 Å². The van der Waals surface area contributed by atoms with Crippen molar-refractivity contribution in [2.75, 3.05) is 11.9 Å². The SMILES string of the molecule is CCn1nc(C)c(NC(=O)C(=O)NCC#Cc2ccccc2)c1C. The standard InChI is InChI=1S/C18H20N4O2/c1-4-22-14(3)16(13(2)21-22)20-18(24)17(23)19-12-8-11-15-9-6-5-7-10-15/h5-7,9-10H,4,12H2,1-3H3,(H,19,23)(H,20,24). The molecule has 24 heavy (non-hydrogen) atoms. The molecule has 0 spiro atoms. The average Bonchev–Trinajstić information content (AvgIpc) is 2.86. The molecule has 2 aromatic rings. The van der Waals surface area contributed by atoms with E-state index in [-0.39, 0.29) is 6.54 Å². The molecule has 0 fully saturated rings. The van der Waals surface area contributed by atoms with Crippen LogP contribution in [0.2, 0.25) is 0 Å². The molecule has 6 nitrogen and oxygen atoms in total. The van der Waals surface area contributed by atoms with Gasteiger partial charge in [-0.1, -0.05) is 30.0 Å². The van der Waals surface area contributed by atoms with E-state index in [1.54, 1.807) is 11.6 Å². The first kappa shape index (κ1) is 17.3. The third-order valence-electron chi connectivity index (χ3n) is 3.47. The second-order valence-electron chi connectivity index (χ2n) is 5.17. The molecule has 1 aromatic carbocycles. The van der Waals surface area contributed by atoms with Gasteiger partial charge in [0.25, 0.3) is 0 Å². The molecule has 2 N–H and O–H groups in total. The topological polar surface area (TPSA) is 76.0 Å². The fourth-order valence-electron chi connectivity index (χ4n) is 2.23. The monoisotopic (exact) mass is 324 g/mol. The molecule has 0 aliphatic heterocycles. The highest BCUT2D eigenvalue weighted by Crippen LogP contribution is 2.18. The van der Waals surface area contributed by atoms with Crippen LogP contribution in [0.25, 0.3) is 0 Å². The Morgan fingerprint density at radius 3 is 2.50 bits per heavy atom. The van der Waals surface area contributed by atoms with Crippen LogP contribution in [-0.2, 0) is 16.1 Å². The number of rotatable bonds is 3. The maximum absolute atomic E-state index is 12.0. The van der Waals surface area contributed by atoms with Gasteiger partial charge in [0, 0.05) is 12.1 Å². The van der Waals surface area contributed by atoms with Gasteiger partial charge in [0.05, 0.1) is 23.6 Å². The van der Waals surface area contributed by atoms with Crippen LogP contribution in [0.5, 0.6) is 0 Å². The van der Waals surface area contributed by atoms with Gasteiger partial charge in [-0.25, -0.2) is 0 Å². The van der Waals surface area contributed by atoms with E-state index in [9.17, 15) is 9.59 Å². The molecule has 0 aliphatic rings. The predicted octanol–water partition coefficient (Wildman–Crippen LogP) is 1.63. The minimum absolute atomic E-state index is 0.104. The molecular weight excluding hydrogens is 304 g/mol. The number of nitrogens with one attached hydrogen (secondary N) is 2.